The quantitative estimate of drug-likeness (QED) is 0.412. The lowest BCUT2D eigenvalue weighted by atomic mass is 10.1. The molecule has 2 aromatic heterocycles. The molecule has 7 nitrogen and oxygen atoms in total. The molecule has 8 heteroatoms. The van der Waals surface area contributed by atoms with E-state index in [4.69, 9.17) is 0 Å². The number of anilines is 1. The first-order chi connectivity index (χ1) is 18.0. The maximum atomic E-state index is 14.8. The number of likely N-dealkylation sites (N-methyl/N-ethyl adjacent to an activating group) is 1. The maximum absolute atomic E-state index is 14.8. The predicted molar refractivity (Wildman–Crippen MR) is 142 cm³/mol. The summed E-state index contributed by atoms with van der Waals surface area (Å²) < 4.78 is 14.8. The minimum absolute atomic E-state index is 0.289. The largest absolute Gasteiger partial charge is 0.322 e. The van der Waals surface area contributed by atoms with Gasteiger partial charge in [-0.1, -0.05) is 18.2 Å². The second-order valence-electron chi connectivity index (χ2n) is 9.32. The highest BCUT2D eigenvalue weighted by atomic mass is 19.1. The number of aromatic nitrogens is 3. The highest BCUT2D eigenvalue weighted by molar-refractivity contribution is 6.04. The molecule has 1 aliphatic heterocycles. The molecule has 37 heavy (non-hydrogen) atoms. The number of rotatable bonds is 7. The zero-order valence-corrected chi connectivity index (χ0v) is 20.8. The van der Waals surface area contributed by atoms with Gasteiger partial charge in [-0.05, 0) is 55.1 Å². The monoisotopic (exact) mass is 496 g/mol. The predicted octanol–water partition coefficient (Wildman–Crippen LogP) is 4.27. The van der Waals surface area contributed by atoms with Gasteiger partial charge in [0.2, 0.25) is 0 Å². The normalized spacial score (nSPS) is 14.4. The van der Waals surface area contributed by atoms with Crippen LogP contribution in [-0.2, 0) is 13.0 Å². The third kappa shape index (κ3) is 6.41. The lowest BCUT2D eigenvalue weighted by Crippen LogP contribution is -2.44. The van der Waals surface area contributed by atoms with Crippen LogP contribution < -0.4 is 5.32 Å². The number of halogens is 1. The van der Waals surface area contributed by atoms with Crippen LogP contribution in [0.3, 0.4) is 0 Å². The van der Waals surface area contributed by atoms with Crippen molar-refractivity contribution in [1.82, 2.24) is 24.8 Å². The van der Waals surface area contributed by atoms with E-state index < -0.39 is 0 Å². The average Bonchev–Trinajstić information content (AvgIpc) is 2.92. The van der Waals surface area contributed by atoms with Crippen molar-refractivity contribution in [2.75, 3.05) is 38.5 Å². The SMILES string of the molecule is CN1CCN(Cc2ccc(C(=O)Nc3cccc(Cc4nccc(-c5cccnc5)n4)c3)cc2F)CC1. The van der Waals surface area contributed by atoms with E-state index in [1.165, 1.54) is 6.07 Å². The molecule has 1 aliphatic rings. The summed E-state index contributed by atoms with van der Waals surface area (Å²) in [6.07, 6.45) is 5.73. The molecule has 1 N–H and O–H groups in total. The van der Waals surface area contributed by atoms with Gasteiger partial charge in [-0.15, -0.1) is 0 Å². The number of nitrogens with zero attached hydrogens (tertiary/aromatic N) is 5. The average molecular weight is 497 g/mol. The minimum atomic E-state index is -0.356. The zero-order chi connectivity index (χ0) is 25.6. The molecule has 1 amide bonds. The van der Waals surface area contributed by atoms with Crippen molar-refractivity contribution in [3.63, 3.8) is 0 Å². The number of hydrogen-bond acceptors (Lipinski definition) is 6. The van der Waals surface area contributed by atoms with Gasteiger partial charge >= 0.3 is 0 Å². The lowest BCUT2D eigenvalue weighted by Gasteiger charge is -2.32. The standard InChI is InChI=1S/C29H29FN6O/c1-35-12-14-36(15-13-35)20-24-8-7-22(18-26(24)30)29(37)33-25-6-2-4-21(16-25)17-28-32-11-9-27(34-28)23-5-3-10-31-19-23/h2-11,16,18-19H,12-15,17,20H2,1H3,(H,33,37). The van der Waals surface area contributed by atoms with E-state index in [0.29, 0.717) is 30.0 Å². The number of hydrogen-bond donors (Lipinski definition) is 1. The van der Waals surface area contributed by atoms with Crippen LogP contribution in [0.2, 0.25) is 0 Å². The molecular weight excluding hydrogens is 467 g/mol. The fraction of sp³-hybridized carbons (Fsp3) is 0.241. The number of nitrogens with one attached hydrogen (secondary N) is 1. The molecule has 4 aromatic rings. The first-order valence-electron chi connectivity index (χ1n) is 12.4. The van der Waals surface area contributed by atoms with Crippen LogP contribution in [0, 0.1) is 5.82 Å². The fourth-order valence-corrected chi connectivity index (χ4v) is 4.37. The van der Waals surface area contributed by atoms with E-state index >= 15 is 0 Å². The van der Waals surface area contributed by atoms with Crippen molar-refractivity contribution in [3.05, 3.63) is 108 Å². The Morgan fingerprint density at radius 3 is 2.65 bits per heavy atom. The van der Waals surface area contributed by atoms with E-state index in [-0.39, 0.29) is 17.3 Å². The highest BCUT2D eigenvalue weighted by Crippen LogP contribution is 2.19. The molecule has 0 bridgehead atoms. The number of carbonyl (C=O) groups is 1. The molecule has 0 radical (unpaired) electrons. The summed E-state index contributed by atoms with van der Waals surface area (Å²) in [6, 6.07) is 17.9. The summed E-state index contributed by atoms with van der Waals surface area (Å²) in [7, 11) is 2.09. The molecule has 2 aromatic carbocycles. The van der Waals surface area contributed by atoms with E-state index in [0.717, 1.165) is 43.0 Å². The van der Waals surface area contributed by atoms with Gasteiger partial charge in [0.15, 0.2) is 0 Å². The van der Waals surface area contributed by atoms with E-state index in [2.05, 4.69) is 37.1 Å². The molecular formula is C29H29FN6O. The third-order valence-corrected chi connectivity index (χ3v) is 6.51. The van der Waals surface area contributed by atoms with Gasteiger partial charge in [-0.25, -0.2) is 14.4 Å². The van der Waals surface area contributed by atoms with Crippen molar-refractivity contribution in [3.8, 4) is 11.3 Å². The van der Waals surface area contributed by atoms with Crippen molar-refractivity contribution < 1.29 is 9.18 Å². The van der Waals surface area contributed by atoms with Crippen molar-refractivity contribution in [2.24, 2.45) is 0 Å². The Morgan fingerprint density at radius 1 is 1.00 bits per heavy atom. The summed E-state index contributed by atoms with van der Waals surface area (Å²) in [5.41, 5.74) is 4.21. The van der Waals surface area contributed by atoms with Gasteiger partial charge in [0.1, 0.15) is 11.6 Å². The van der Waals surface area contributed by atoms with Crippen molar-refractivity contribution >= 4 is 11.6 Å². The zero-order valence-electron chi connectivity index (χ0n) is 20.8. The van der Waals surface area contributed by atoms with Crippen LogP contribution in [0.25, 0.3) is 11.3 Å². The second-order valence-corrected chi connectivity index (χ2v) is 9.32. The van der Waals surface area contributed by atoms with Gasteiger partial charge in [0, 0.05) is 80.1 Å². The molecule has 188 valence electrons. The summed E-state index contributed by atoms with van der Waals surface area (Å²) >= 11 is 0. The van der Waals surface area contributed by atoms with Gasteiger partial charge in [-0.3, -0.25) is 14.7 Å². The Bertz CT molecular complexity index is 1370. The Morgan fingerprint density at radius 2 is 1.86 bits per heavy atom. The molecule has 1 fully saturated rings. The molecule has 1 saturated heterocycles. The van der Waals surface area contributed by atoms with E-state index in [9.17, 15) is 9.18 Å². The Hall–Kier alpha value is -4.01. The summed E-state index contributed by atoms with van der Waals surface area (Å²) in [4.78, 5) is 30.6. The number of carbonyl (C=O) groups excluding carboxylic acids is 1. The van der Waals surface area contributed by atoms with Crippen LogP contribution in [-0.4, -0.2) is 63.9 Å². The Balaban J connectivity index is 1.23. The molecule has 0 aliphatic carbocycles. The van der Waals surface area contributed by atoms with Gasteiger partial charge in [0.25, 0.3) is 5.91 Å². The third-order valence-electron chi connectivity index (χ3n) is 6.51. The van der Waals surface area contributed by atoms with E-state index in [1.807, 2.05) is 42.5 Å². The molecule has 5 rings (SSSR count). The van der Waals surface area contributed by atoms with Crippen molar-refractivity contribution in [1.29, 1.82) is 0 Å². The van der Waals surface area contributed by atoms with Crippen LogP contribution in [0.5, 0.6) is 0 Å². The number of amides is 1. The number of benzene rings is 2. The molecule has 3 heterocycles. The maximum Gasteiger partial charge on any atom is 0.255 e. The van der Waals surface area contributed by atoms with Gasteiger partial charge in [-0.2, -0.15) is 0 Å². The summed E-state index contributed by atoms with van der Waals surface area (Å²) in [6.45, 7) is 4.32. The second kappa shape index (κ2) is 11.4. The lowest BCUT2D eigenvalue weighted by molar-refractivity contribution is 0.102. The van der Waals surface area contributed by atoms with Crippen LogP contribution in [0.4, 0.5) is 10.1 Å². The summed E-state index contributed by atoms with van der Waals surface area (Å²) in [5, 5.41) is 2.88. The van der Waals surface area contributed by atoms with Crippen LogP contribution in [0.1, 0.15) is 27.3 Å². The Labute approximate surface area is 216 Å². The molecule has 0 spiro atoms. The Kier molecular flexibility index (Phi) is 7.58. The minimum Gasteiger partial charge on any atom is -0.322 e. The van der Waals surface area contributed by atoms with Crippen LogP contribution in [0.15, 0.2) is 79.3 Å². The molecule has 0 unspecified atom stereocenters. The van der Waals surface area contributed by atoms with E-state index in [1.54, 1.807) is 30.7 Å². The summed E-state index contributed by atoms with van der Waals surface area (Å²) in [5.74, 6) is -0.0363. The first kappa shape index (κ1) is 24.7. The molecule has 0 saturated carbocycles. The molecule has 0 atom stereocenters. The van der Waals surface area contributed by atoms with Gasteiger partial charge in [0.05, 0.1) is 5.69 Å². The smallest absolute Gasteiger partial charge is 0.255 e. The number of piperazine rings is 1. The fourth-order valence-electron chi connectivity index (χ4n) is 4.37. The topological polar surface area (TPSA) is 74.2 Å². The van der Waals surface area contributed by atoms with Crippen LogP contribution >= 0.6 is 0 Å². The number of pyridine rings is 1. The first-order valence-corrected chi connectivity index (χ1v) is 12.4. The highest BCUT2D eigenvalue weighted by Gasteiger charge is 2.17. The van der Waals surface area contributed by atoms with Crippen molar-refractivity contribution in [2.45, 2.75) is 13.0 Å². The van der Waals surface area contributed by atoms with Gasteiger partial charge < -0.3 is 10.2 Å².